The lowest BCUT2D eigenvalue weighted by atomic mass is 10.1. The highest BCUT2D eigenvalue weighted by molar-refractivity contribution is 5.75. The molecule has 0 bridgehead atoms. The predicted molar refractivity (Wildman–Crippen MR) is 61.2 cm³/mol. The van der Waals surface area contributed by atoms with Crippen molar-refractivity contribution in [2.45, 2.75) is 6.42 Å². The summed E-state index contributed by atoms with van der Waals surface area (Å²) in [7, 11) is 3.71. The zero-order valence-corrected chi connectivity index (χ0v) is 9.00. The Balaban J connectivity index is 2.43. The average molecular weight is 205 g/mol. The number of imidazole rings is 1. The molecule has 0 aliphatic carbocycles. The molecule has 0 unspecified atom stereocenters. The van der Waals surface area contributed by atoms with E-state index >= 15 is 0 Å². The fraction of sp³-hybridized carbons (Fsp3) is 0.364. The molecule has 0 saturated heterocycles. The molecule has 0 atom stereocenters. The standard InChI is InChI=1S/C11H15N3O/c1-12-6-5-8-3-4-10-9(7-8)13-11(15)14(10)2/h3-4,7,12H,5-6H2,1-2H3,(H,13,15). The van der Waals surface area contributed by atoms with Gasteiger partial charge in [-0.15, -0.1) is 0 Å². The topological polar surface area (TPSA) is 49.8 Å². The third kappa shape index (κ3) is 1.80. The van der Waals surface area contributed by atoms with Gasteiger partial charge < -0.3 is 10.3 Å². The Morgan fingerprint density at radius 3 is 3.00 bits per heavy atom. The van der Waals surface area contributed by atoms with Crippen molar-refractivity contribution >= 4 is 11.0 Å². The number of hydrogen-bond donors (Lipinski definition) is 2. The van der Waals surface area contributed by atoms with Crippen LogP contribution in [0, 0.1) is 0 Å². The van der Waals surface area contributed by atoms with Gasteiger partial charge in [-0.1, -0.05) is 6.07 Å². The van der Waals surface area contributed by atoms with E-state index in [0.29, 0.717) is 0 Å². The summed E-state index contributed by atoms with van der Waals surface area (Å²) >= 11 is 0. The van der Waals surface area contributed by atoms with Crippen molar-refractivity contribution in [3.63, 3.8) is 0 Å². The van der Waals surface area contributed by atoms with Crippen LogP contribution in [0.1, 0.15) is 5.56 Å². The molecule has 4 nitrogen and oxygen atoms in total. The number of nitrogens with one attached hydrogen (secondary N) is 2. The third-order valence-electron chi connectivity index (χ3n) is 2.63. The van der Waals surface area contributed by atoms with Crippen LogP contribution in [0.5, 0.6) is 0 Å². The van der Waals surface area contributed by atoms with E-state index in [9.17, 15) is 4.79 Å². The first-order valence-corrected chi connectivity index (χ1v) is 5.04. The van der Waals surface area contributed by atoms with Crippen LogP contribution in [0.4, 0.5) is 0 Å². The van der Waals surface area contributed by atoms with E-state index in [0.717, 1.165) is 24.0 Å². The smallest absolute Gasteiger partial charge is 0.319 e. The molecule has 80 valence electrons. The Kier molecular flexibility index (Phi) is 2.60. The molecule has 4 heteroatoms. The molecule has 0 fully saturated rings. The van der Waals surface area contributed by atoms with Gasteiger partial charge in [0.25, 0.3) is 0 Å². The number of aryl methyl sites for hydroxylation is 1. The summed E-state index contributed by atoms with van der Waals surface area (Å²) in [5.41, 5.74) is 3.04. The molecule has 0 radical (unpaired) electrons. The Hall–Kier alpha value is -1.55. The number of aromatic amines is 1. The lowest BCUT2D eigenvalue weighted by Crippen LogP contribution is -2.11. The SMILES string of the molecule is CNCCc1ccc2c(c1)[nH]c(=O)n2C. The summed E-state index contributed by atoms with van der Waals surface area (Å²) < 4.78 is 1.62. The van der Waals surface area contributed by atoms with E-state index < -0.39 is 0 Å². The summed E-state index contributed by atoms with van der Waals surface area (Å²) in [6.45, 7) is 0.947. The lowest BCUT2D eigenvalue weighted by Gasteiger charge is -2.00. The van der Waals surface area contributed by atoms with E-state index in [1.54, 1.807) is 11.6 Å². The van der Waals surface area contributed by atoms with Gasteiger partial charge in [0.05, 0.1) is 11.0 Å². The maximum Gasteiger partial charge on any atom is 0.326 e. The molecule has 1 aromatic heterocycles. The largest absolute Gasteiger partial charge is 0.326 e. The van der Waals surface area contributed by atoms with Gasteiger partial charge in [0, 0.05) is 7.05 Å². The van der Waals surface area contributed by atoms with Crippen LogP contribution in [0.15, 0.2) is 23.0 Å². The van der Waals surface area contributed by atoms with Crippen molar-refractivity contribution in [2.75, 3.05) is 13.6 Å². The number of likely N-dealkylation sites (N-methyl/N-ethyl adjacent to an activating group) is 1. The van der Waals surface area contributed by atoms with E-state index in [4.69, 9.17) is 0 Å². The molecule has 0 spiro atoms. The van der Waals surface area contributed by atoms with Crippen molar-refractivity contribution < 1.29 is 0 Å². The van der Waals surface area contributed by atoms with Gasteiger partial charge in [-0.2, -0.15) is 0 Å². The number of H-pyrrole nitrogens is 1. The normalized spacial score (nSPS) is 11.1. The average Bonchev–Trinajstić information content (AvgIpc) is 2.52. The molecule has 2 rings (SSSR count). The molecule has 2 N–H and O–H groups in total. The Labute approximate surface area is 87.9 Å². The Morgan fingerprint density at radius 1 is 1.47 bits per heavy atom. The van der Waals surface area contributed by atoms with Gasteiger partial charge >= 0.3 is 5.69 Å². The fourth-order valence-corrected chi connectivity index (χ4v) is 1.71. The number of hydrogen-bond acceptors (Lipinski definition) is 2. The molecule has 0 saturated carbocycles. The highest BCUT2D eigenvalue weighted by Crippen LogP contribution is 2.11. The second-order valence-electron chi connectivity index (χ2n) is 3.69. The van der Waals surface area contributed by atoms with Crippen LogP contribution in [0.3, 0.4) is 0 Å². The van der Waals surface area contributed by atoms with Crippen LogP contribution >= 0.6 is 0 Å². The molecule has 2 aromatic rings. The Bertz CT molecular complexity index is 524. The van der Waals surface area contributed by atoms with Crippen LogP contribution in [-0.2, 0) is 13.5 Å². The molecule has 1 heterocycles. The summed E-state index contributed by atoms with van der Waals surface area (Å²) in [6.07, 6.45) is 0.976. The van der Waals surface area contributed by atoms with Gasteiger partial charge in [-0.3, -0.25) is 4.57 Å². The maximum atomic E-state index is 11.4. The predicted octanol–water partition coefficient (Wildman–Crippen LogP) is 0.628. The van der Waals surface area contributed by atoms with Gasteiger partial charge in [0.1, 0.15) is 0 Å². The zero-order valence-electron chi connectivity index (χ0n) is 9.00. The summed E-state index contributed by atoms with van der Waals surface area (Å²) in [5, 5.41) is 3.10. The highest BCUT2D eigenvalue weighted by Gasteiger charge is 2.03. The Morgan fingerprint density at radius 2 is 2.27 bits per heavy atom. The van der Waals surface area contributed by atoms with Gasteiger partial charge in [0.15, 0.2) is 0 Å². The molecular weight excluding hydrogens is 190 g/mol. The first-order valence-electron chi connectivity index (χ1n) is 5.04. The van der Waals surface area contributed by atoms with E-state index in [1.807, 2.05) is 19.2 Å². The number of aromatic nitrogens is 2. The fourth-order valence-electron chi connectivity index (χ4n) is 1.71. The summed E-state index contributed by atoms with van der Waals surface area (Å²) in [5.74, 6) is 0. The number of fused-ring (bicyclic) bond motifs is 1. The first-order chi connectivity index (χ1) is 7.22. The second kappa shape index (κ2) is 3.90. The van der Waals surface area contributed by atoms with Crippen molar-refractivity contribution in [1.29, 1.82) is 0 Å². The van der Waals surface area contributed by atoms with Crippen molar-refractivity contribution in [3.05, 3.63) is 34.2 Å². The minimum atomic E-state index is -0.0595. The molecule has 1 aromatic carbocycles. The number of benzene rings is 1. The van der Waals surface area contributed by atoms with Crippen LogP contribution < -0.4 is 11.0 Å². The van der Waals surface area contributed by atoms with Crippen LogP contribution in [0.25, 0.3) is 11.0 Å². The number of rotatable bonds is 3. The monoisotopic (exact) mass is 205 g/mol. The minimum absolute atomic E-state index is 0.0595. The van der Waals surface area contributed by atoms with Crippen LogP contribution in [0.2, 0.25) is 0 Å². The molecule has 0 aliphatic rings. The lowest BCUT2D eigenvalue weighted by molar-refractivity contribution is 0.792. The highest BCUT2D eigenvalue weighted by atomic mass is 16.1. The van der Waals surface area contributed by atoms with Gasteiger partial charge in [-0.05, 0) is 37.7 Å². The molecular formula is C11H15N3O. The molecule has 15 heavy (non-hydrogen) atoms. The van der Waals surface area contributed by atoms with Crippen molar-refractivity contribution in [3.8, 4) is 0 Å². The van der Waals surface area contributed by atoms with E-state index in [-0.39, 0.29) is 5.69 Å². The summed E-state index contributed by atoms with van der Waals surface area (Å²) in [4.78, 5) is 14.2. The number of nitrogens with zero attached hydrogens (tertiary/aromatic N) is 1. The molecule has 0 amide bonds. The van der Waals surface area contributed by atoms with Crippen molar-refractivity contribution in [2.24, 2.45) is 7.05 Å². The van der Waals surface area contributed by atoms with E-state index in [1.165, 1.54) is 5.56 Å². The van der Waals surface area contributed by atoms with E-state index in [2.05, 4.69) is 16.4 Å². The van der Waals surface area contributed by atoms with Crippen molar-refractivity contribution in [1.82, 2.24) is 14.9 Å². The third-order valence-corrected chi connectivity index (χ3v) is 2.63. The second-order valence-corrected chi connectivity index (χ2v) is 3.69. The minimum Gasteiger partial charge on any atom is -0.319 e. The van der Waals surface area contributed by atoms with Crippen LogP contribution in [-0.4, -0.2) is 23.1 Å². The maximum absolute atomic E-state index is 11.4. The zero-order chi connectivity index (χ0) is 10.8. The quantitative estimate of drug-likeness (QED) is 0.772. The molecule has 0 aliphatic heterocycles. The summed E-state index contributed by atoms with van der Waals surface area (Å²) in [6, 6.07) is 6.08. The van der Waals surface area contributed by atoms with Gasteiger partial charge in [0.2, 0.25) is 0 Å². The first kappa shape index (κ1) is 9.98. The van der Waals surface area contributed by atoms with Gasteiger partial charge in [-0.25, -0.2) is 4.79 Å².